The van der Waals surface area contributed by atoms with Crippen molar-refractivity contribution < 1.29 is 9.31 Å². The van der Waals surface area contributed by atoms with E-state index in [1.165, 1.54) is 24.3 Å². The number of nitrogens with zero attached hydrogens (tertiary/aromatic N) is 2. The summed E-state index contributed by atoms with van der Waals surface area (Å²) in [6.45, 7) is 0.297. The number of nitro groups is 1. The maximum absolute atomic E-state index is 13.0. The monoisotopic (exact) mass is 262 g/mol. The van der Waals surface area contributed by atoms with Crippen molar-refractivity contribution in [2.75, 3.05) is 11.1 Å². The van der Waals surface area contributed by atoms with Gasteiger partial charge in [-0.2, -0.15) is 0 Å². The van der Waals surface area contributed by atoms with Crippen molar-refractivity contribution in [3.63, 3.8) is 0 Å². The second-order valence-electron chi connectivity index (χ2n) is 3.88. The lowest BCUT2D eigenvalue weighted by Gasteiger charge is -2.06. The number of pyridine rings is 1. The molecule has 2 rings (SSSR count). The number of aromatic nitrogens is 1. The molecule has 0 bridgehead atoms. The molecule has 0 radical (unpaired) electrons. The summed E-state index contributed by atoms with van der Waals surface area (Å²) in [4.78, 5) is 14.0. The van der Waals surface area contributed by atoms with Crippen LogP contribution in [0.2, 0.25) is 0 Å². The Bertz CT molecular complexity index is 618. The van der Waals surface area contributed by atoms with Crippen molar-refractivity contribution in [3.8, 4) is 0 Å². The zero-order chi connectivity index (χ0) is 13.8. The molecule has 1 heterocycles. The van der Waals surface area contributed by atoms with Crippen molar-refractivity contribution in [1.82, 2.24) is 4.98 Å². The van der Waals surface area contributed by atoms with Crippen molar-refractivity contribution in [1.29, 1.82) is 0 Å². The molecule has 0 fully saturated rings. The summed E-state index contributed by atoms with van der Waals surface area (Å²) in [7, 11) is 0. The molecule has 0 saturated heterocycles. The number of hydrogen-bond acceptors (Lipinski definition) is 5. The molecule has 19 heavy (non-hydrogen) atoms. The van der Waals surface area contributed by atoms with Gasteiger partial charge in [0.05, 0.1) is 17.1 Å². The van der Waals surface area contributed by atoms with Crippen molar-refractivity contribution >= 4 is 17.3 Å². The lowest BCUT2D eigenvalue weighted by atomic mass is 10.2. The fourth-order valence-corrected chi connectivity index (χ4v) is 1.57. The minimum absolute atomic E-state index is 0.0518. The van der Waals surface area contributed by atoms with Crippen LogP contribution in [0.5, 0.6) is 0 Å². The normalized spacial score (nSPS) is 10.2. The number of hydrogen-bond donors (Lipinski definition) is 2. The third-order valence-corrected chi connectivity index (χ3v) is 2.40. The number of nitrogens with two attached hydrogens (primary N) is 1. The molecule has 0 aliphatic rings. The highest BCUT2D eigenvalue weighted by Crippen LogP contribution is 2.19. The van der Waals surface area contributed by atoms with E-state index in [-0.39, 0.29) is 23.1 Å². The van der Waals surface area contributed by atoms with Crippen LogP contribution >= 0.6 is 0 Å². The quantitative estimate of drug-likeness (QED) is 0.651. The first-order valence-electron chi connectivity index (χ1n) is 5.45. The molecule has 1 aromatic carbocycles. The zero-order valence-electron chi connectivity index (χ0n) is 9.84. The largest absolute Gasteiger partial charge is 0.383 e. The molecular weight excluding hydrogens is 251 g/mol. The number of rotatable bonds is 4. The first kappa shape index (κ1) is 12.7. The molecule has 2 aromatic rings. The van der Waals surface area contributed by atoms with Crippen LogP contribution in [0.3, 0.4) is 0 Å². The van der Waals surface area contributed by atoms with E-state index in [2.05, 4.69) is 10.3 Å². The topological polar surface area (TPSA) is 94.1 Å². The maximum Gasteiger partial charge on any atom is 0.276 e. The van der Waals surface area contributed by atoms with Crippen molar-refractivity contribution in [3.05, 3.63) is 57.9 Å². The van der Waals surface area contributed by atoms with Gasteiger partial charge in [0.2, 0.25) is 0 Å². The first-order chi connectivity index (χ1) is 9.04. The van der Waals surface area contributed by atoms with Crippen LogP contribution in [0.4, 0.5) is 21.7 Å². The van der Waals surface area contributed by atoms with Crippen LogP contribution < -0.4 is 11.1 Å². The second-order valence-corrected chi connectivity index (χ2v) is 3.88. The number of nitrogen functional groups attached to an aromatic ring is 1. The molecule has 0 aliphatic carbocycles. The Morgan fingerprint density at radius 2 is 2.16 bits per heavy atom. The number of benzene rings is 1. The Morgan fingerprint density at radius 3 is 2.84 bits per heavy atom. The summed E-state index contributed by atoms with van der Waals surface area (Å²) < 4.78 is 13.0. The van der Waals surface area contributed by atoms with Crippen LogP contribution in [-0.2, 0) is 6.54 Å². The predicted molar refractivity (Wildman–Crippen MR) is 69.0 cm³/mol. The van der Waals surface area contributed by atoms with E-state index < -0.39 is 4.92 Å². The van der Waals surface area contributed by atoms with E-state index in [1.54, 1.807) is 12.1 Å². The van der Waals surface area contributed by atoms with Crippen LogP contribution in [-0.4, -0.2) is 9.91 Å². The Balaban J connectivity index is 2.13. The van der Waals surface area contributed by atoms with Crippen LogP contribution in [0.25, 0.3) is 0 Å². The van der Waals surface area contributed by atoms with Gasteiger partial charge in [-0.3, -0.25) is 10.1 Å². The molecule has 0 aliphatic heterocycles. The minimum atomic E-state index is -0.550. The lowest BCUT2D eigenvalue weighted by molar-refractivity contribution is -0.384. The molecule has 0 saturated carbocycles. The van der Waals surface area contributed by atoms with E-state index in [4.69, 9.17) is 5.73 Å². The van der Waals surface area contributed by atoms with Gasteiger partial charge in [0.1, 0.15) is 17.5 Å². The van der Waals surface area contributed by atoms with Crippen molar-refractivity contribution in [2.45, 2.75) is 6.54 Å². The molecule has 6 nitrogen and oxygen atoms in total. The fraction of sp³-hybridized carbons (Fsp3) is 0.0833. The third-order valence-electron chi connectivity index (χ3n) is 2.40. The number of nitrogens with one attached hydrogen (secondary N) is 1. The summed E-state index contributed by atoms with van der Waals surface area (Å²) >= 11 is 0. The molecule has 0 spiro atoms. The average molecular weight is 262 g/mol. The molecule has 1 aromatic heterocycles. The van der Waals surface area contributed by atoms with Gasteiger partial charge in [-0.15, -0.1) is 0 Å². The second kappa shape index (κ2) is 5.30. The Kier molecular flexibility index (Phi) is 3.56. The SMILES string of the molecule is Nc1cc([N+](=O)[O-])cc(NCc2cccc(F)c2)n1. The van der Waals surface area contributed by atoms with Crippen LogP contribution in [0.1, 0.15) is 5.56 Å². The summed E-state index contributed by atoms with van der Waals surface area (Å²) in [6.07, 6.45) is 0. The van der Waals surface area contributed by atoms with Gasteiger partial charge in [0.25, 0.3) is 5.69 Å². The summed E-state index contributed by atoms with van der Waals surface area (Å²) in [5.74, 6) is -0.0160. The van der Waals surface area contributed by atoms with E-state index in [0.29, 0.717) is 12.1 Å². The molecular formula is C12H11FN4O2. The van der Waals surface area contributed by atoms with Gasteiger partial charge in [-0.05, 0) is 17.7 Å². The number of anilines is 2. The van der Waals surface area contributed by atoms with Gasteiger partial charge < -0.3 is 11.1 Å². The van der Waals surface area contributed by atoms with Crippen LogP contribution in [0.15, 0.2) is 36.4 Å². The maximum atomic E-state index is 13.0. The molecule has 3 N–H and O–H groups in total. The summed E-state index contributed by atoms with van der Waals surface area (Å²) in [5, 5.41) is 13.5. The van der Waals surface area contributed by atoms with Gasteiger partial charge in [-0.1, -0.05) is 12.1 Å². The van der Waals surface area contributed by atoms with Gasteiger partial charge in [0.15, 0.2) is 0 Å². The van der Waals surface area contributed by atoms with Crippen LogP contribution in [0, 0.1) is 15.9 Å². The van der Waals surface area contributed by atoms with E-state index in [9.17, 15) is 14.5 Å². The highest BCUT2D eigenvalue weighted by atomic mass is 19.1. The summed E-state index contributed by atoms with van der Waals surface area (Å²) in [6, 6.07) is 8.47. The zero-order valence-corrected chi connectivity index (χ0v) is 9.84. The molecule has 0 amide bonds. The summed E-state index contributed by atoms with van der Waals surface area (Å²) in [5.41, 5.74) is 6.03. The smallest absolute Gasteiger partial charge is 0.276 e. The molecule has 0 unspecified atom stereocenters. The van der Waals surface area contributed by atoms with E-state index in [1.807, 2.05) is 0 Å². The minimum Gasteiger partial charge on any atom is -0.383 e. The van der Waals surface area contributed by atoms with E-state index in [0.717, 1.165) is 0 Å². The average Bonchev–Trinajstić information content (AvgIpc) is 2.36. The Hall–Kier alpha value is -2.70. The van der Waals surface area contributed by atoms with Gasteiger partial charge >= 0.3 is 0 Å². The Morgan fingerprint density at radius 1 is 1.37 bits per heavy atom. The standard InChI is InChI=1S/C12H11FN4O2/c13-9-3-1-2-8(4-9)7-15-12-6-10(17(18)19)5-11(14)16-12/h1-6H,7H2,(H3,14,15,16). The predicted octanol–water partition coefficient (Wildman–Crippen LogP) is 2.32. The van der Waals surface area contributed by atoms with Crippen molar-refractivity contribution in [2.24, 2.45) is 0 Å². The molecule has 7 heteroatoms. The third kappa shape index (κ3) is 3.38. The lowest BCUT2D eigenvalue weighted by Crippen LogP contribution is -2.04. The van der Waals surface area contributed by atoms with E-state index >= 15 is 0 Å². The highest BCUT2D eigenvalue weighted by Gasteiger charge is 2.09. The first-order valence-corrected chi connectivity index (χ1v) is 5.45. The van der Waals surface area contributed by atoms with Gasteiger partial charge in [0, 0.05) is 6.54 Å². The molecule has 0 atom stereocenters. The molecule has 98 valence electrons. The van der Waals surface area contributed by atoms with Gasteiger partial charge in [-0.25, -0.2) is 9.37 Å². The number of halogens is 1. The fourth-order valence-electron chi connectivity index (χ4n) is 1.57. The highest BCUT2D eigenvalue weighted by molar-refractivity contribution is 5.52. The Labute approximate surface area is 108 Å².